The van der Waals surface area contributed by atoms with Crippen LogP contribution < -0.4 is 36.0 Å². The molecule has 0 atom stereocenters. The zero-order valence-electron chi connectivity index (χ0n) is 32.3. The number of nitrogens with one attached hydrogen (secondary N) is 2. The third kappa shape index (κ3) is 8.43. The highest BCUT2D eigenvalue weighted by molar-refractivity contribution is 7.85. The molecule has 0 radical (unpaired) electrons. The van der Waals surface area contributed by atoms with Crippen LogP contribution in [0.3, 0.4) is 0 Å². The largest absolute Gasteiger partial charge is 0.478 e. The summed E-state index contributed by atoms with van der Waals surface area (Å²) < 4.78 is 28.4. The lowest BCUT2D eigenvalue weighted by Gasteiger charge is -2.23. The molecular formula is C48H37N2O9P. The highest BCUT2D eigenvalue weighted by Crippen LogP contribution is 2.47. The second-order valence-electron chi connectivity index (χ2n) is 13.6. The average Bonchev–Trinajstić information content (AvgIpc) is 3.26. The maximum atomic E-state index is 15.6. The van der Waals surface area contributed by atoms with E-state index >= 15 is 4.57 Å². The number of rotatable bonds is 13. The Labute approximate surface area is 345 Å². The van der Waals surface area contributed by atoms with Gasteiger partial charge in [-0.15, -0.1) is 0 Å². The Hall–Kier alpha value is -7.75. The summed E-state index contributed by atoms with van der Waals surface area (Å²) in [5, 5.41) is 26.9. The van der Waals surface area contributed by atoms with Gasteiger partial charge in [0.15, 0.2) is 7.14 Å². The molecule has 0 spiro atoms. The second kappa shape index (κ2) is 17.4. The van der Waals surface area contributed by atoms with Gasteiger partial charge in [0.2, 0.25) is 0 Å². The standard InChI is InChI=1S/C48H37N2O9P/c1-30-12-9-14-33(26-30)58-35-23-25-43(60(57,36-16-5-3-6-17-36)37-18-7-4-8-19-37)42(29-35)59-34-15-10-13-32(28-34)50-46(52)41-27-31(22-24-39(41)47(53)54)38-20-11-21-40(45(51)49-2)44(38)48(55)56/h3-29H,1-2H3,(H,49,51)(H,50,52)(H,53,54)(H,55,56). The Kier molecular flexibility index (Phi) is 11.7. The average molecular weight is 817 g/mol. The molecule has 7 aromatic carbocycles. The number of carboxylic acids is 2. The molecule has 0 bridgehead atoms. The van der Waals surface area contributed by atoms with Crippen LogP contribution in [0.4, 0.5) is 5.69 Å². The fourth-order valence-electron chi connectivity index (χ4n) is 6.81. The van der Waals surface area contributed by atoms with Crippen LogP contribution in [0, 0.1) is 6.92 Å². The van der Waals surface area contributed by atoms with Crippen LogP contribution in [-0.2, 0) is 4.57 Å². The predicted molar refractivity (Wildman–Crippen MR) is 231 cm³/mol. The summed E-state index contributed by atoms with van der Waals surface area (Å²) in [5.74, 6) is -2.71. The molecule has 60 heavy (non-hydrogen) atoms. The van der Waals surface area contributed by atoms with E-state index in [1.165, 1.54) is 49.5 Å². The van der Waals surface area contributed by atoms with Crippen LogP contribution in [-0.4, -0.2) is 41.0 Å². The highest BCUT2D eigenvalue weighted by atomic mass is 31.2. The third-order valence-electron chi connectivity index (χ3n) is 9.61. The number of benzene rings is 7. The molecule has 7 rings (SSSR count). The highest BCUT2D eigenvalue weighted by Gasteiger charge is 2.33. The van der Waals surface area contributed by atoms with Gasteiger partial charge in [0.1, 0.15) is 23.0 Å². The molecule has 0 aliphatic carbocycles. The van der Waals surface area contributed by atoms with E-state index in [4.69, 9.17) is 9.47 Å². The van der Waals surface area contributed by atoms with E-state index < -0.39 is 30.9 Å². The molecule has 0 aliphatic heterocycles. The molecule has 4 N–H and O–H groups in total. The quantitative estimate of drug-likeness (QED) is 0.0831. The van der Waals surface area contributed by atoms with Gasteiger partial charge in [-0.3, -0.25) is 9.59 Å². The summed E-state index contributed by atoms with van der Waals surface area (Å²) in [5.41, 5.74) is 0.526. The number of carboxylic acid groups (broad SMARTS) is 2. The summed E-state index contributed by atoms with van der Waals surface area (Å²) in [6, 6.07) is 45.5. The smallest absolute Gasteiger partial charge is 0.337 e. The Morgan fingerprint density at radius 3 is 1.82 bits per heavy atom. The summed E-state index contributed by atoms with van der Waals surface area (Å²) >= 11 is 0. The van der Waals surface area contributed by atoms with Gasteiger partial charge in [0.25, 0.3) is 11.8 Å². The van der Waals surface area contributed by atoms with Crippen molar-refractivity contribution in [3.63, 3.8) is 0 Å². The van der Waals surface area contributed by atoms with Gasteiger partial charge >= 0.3 is 11.9 Å². The molecule has 0 unspecified atom stereocenters. The molecule has 298 valence electrons. The Bertz CT molecular complexity index is 2780. The summed E-state index contributed by atoms with van der Waals surface area (Å²) in [6.45, 7) is 1.95. The van der Waals surface area contributed by atoms with Crippen LogP contribution >= 0.6 is 7.14 Å². The summed E-state index contributed by atoms with van der Waals surface area (Å²) in [6.07, 6.45) is 0. The van der Waals surface area contributed by atoms with Crippen molar-refractivity contribution in [3.8, 4) is 34.1 Å². The van der Waals surface area contributed by atoms with Gasteiger partial charge in [-0.25, -0.2) is 9.59 Å². The number of anilines is 1. The number of hydrogen-bond donors (Lipinski definition) is 4. The minimum atomic E-state index is -3.57. The zero-order valence-corrected chi connectivity index (χ0v) is 33.2. The van der Waals surface area contributed by atoms with Gasteiger partial charge in [-0.2, -0.15) is 0 Å². The van der Waals surface area contributed by atoms with E-state index in [0.29, 0.717) is 27.4 Å². The maximum absolute atomic E-state index is 15.6. The van der Waals surface area contributed by atoms with Gasteiger partial charge < -0.3 is 34.9 Å². The van der Waals surface area contributed by atoms with Gasteiger partial charge in [0.05, 0.1) is 27.6 Å². The number of aryl methyl sites for hydroxylation is 1. The molecule has 2 amide bonds. The van der Waals surface area contributed by atoms with Crippen molar-refractivity contribution < 1.29 is 43.4 Å². The lowest BCUT2D eigenvalue weighted by atomic mass is 9.92. The van der Waals surface area contributed by atoms with Crippen molar-refractivity contribution in [1.82, 2.24) is 5.32 Å². The van der Waals surface area contributed by atoms with Crippen molar-refractivity contribution in [2.45, 2.75) is 6.92 Å². The van der Waals surface area contributed by atoms with Gasteiger partial charge in [-0.1, -0.05) is 97.1 Å². The summed E-state index contributed by atoms with van der Waals surface area (Å²) in [4.78, 5) is 51.2. The minimum Gasteiger partial charge on any atom is -0.478 e. The van der Waals surface area contributed by atoms with Crippen molar-refractivity contribution in [3.05, 3.63) is 192 Å². The lowest BCUT2D eigenvalue weighted by molar-refractivity contribution is 0.0683. The summed E-state index contributed by atoms with van der Waals surface area (Å²) in [7, 11) is -2.20. The van der Waals surface area contributed by atoms with Crippen LogP contribution in [0.5, 0.6) is 23.0 Å². The zero-order chi connectivity index (χ0) is 42.4. The molecule has 0 fully saturated rings. The molecule has 7 aromatic rings. The molecule has 12 heteroatoms. The van der Waals surface area contributed by atoms with E-state index in [-0.39, 0.29) is 50.6 Å². The van der Waals surface area contributed by atoms with Crippen molar-refractivity contribution in [1.29, 1.82) is 0 Å². The maximum Gasteiger partial charge on any atom is 0.337 e. The topological polar surface area (TPSA) is 168 Å². The number of hydrogen-bond acceptors (Lipinski definition) is 7. The van der Waals surface area contributed by atoms with Crippen LogP contribution in [0.2, 0.25) is 0 Å². The lowest BCUT2D eigenvalue weighted by Crippen LogP contribution is -2.26. The second-order valence-corrected chi connectivity index (χ2v) is 16.3. The Balaban J connectivity index is 1.27. The van der Waals surface area contributed by atoms with Crippen molar-refractivity contribution >= 4 is 52.5 Å². The SMILES string of the molecule is CNC(=O)c1cccc(-c2ccc(C(=O)O)c(C(=O)Nc3cccc(Oc4cc(Oc5cccc(C)c5)ccc4P(=O)(c4ccccc4)c4ccccc4)c3)c2)c1C(=O)O. The predicted octanol–water partition coefficient (Wildman–Crippen LogP) is 8.89. The third-order valence-corrected chi connectivity index (χ3v) is 12.7. The van der Waals surface area contributed by atoms with Gasteiger partial charge in [-0.05, 0) is 78.2 Å². The molecule has 0 aliphatic rings. The minimum absolute atomic E-state index is 0.105. The van der Waals surface area contributed by atoms with E-state index in [1.807, 2.05) is 91.9 Å². The van der Waals surface area contributed by atoms with E-state index in [1.54, 1.807) is 36.4 Å². The fraction of sp³-hybridized carbons (Fsp3) is 0.0417. The molecule has 11 nitrogen and oxygen atoms in total. The monoisotopic (exact) mass is 816 g/mol. The molecule has 0 aromatic heterocycles. The number of carbonyl (C=O) groups excluding carboxylic acids is 2. The van der Waals surface area contributed by atoms with Crippen LogP contribution in [0.1, 0.15) is 47.0 Å². The molecule has 0 saturated carbocycles. The fourth-order valence-corrected chi connectivity index (χ4v) is 9.56. The van der Waals surface area contributed by atoms with Gasteiger partial charge in [0, 0.05) is 35.5 Å². The number of ether oxygens (including phenoxy) is 2. The van der Waals surface area contributed by atoms with Crippen molar-refractivity contribution in [2.75, 3.05) is 12.4 Å². The van der Waals surface area contributed by atoms with Crippen LogP contribution in [0.15, 0.2) is 164 Å². The first-order valence-electron chi connectivity index (χ1n) is 18.6. The molecule has 0 heterocycles. The first kappa shape index (κ1) is 40.4. The number of carbonyl (C=O) groups is 4. The molecular weight excluding hydrogens is 780 g/mol. The first-order chi connectivity index (χ1) is 29.0. The Morgan fingerprint density at radius 2 is 1.18 bits per heavy atom. The number of aromatic carboxylic acids is 2. The normalized spacial score (nSPS) is 11.0. The Morgan fingerprint density at radius 1 is 0.550 bits per heavy atom. The van der Waals surface area contributed by atoms with E-state index in [0.717, 1.165) is 5.56 Å². The van der Waals surface area contributed by atoms with Crippen LogP contribution in [0.25, 0.3) is 11.1 Å². The van der Waals surface area contributed by atoms with E-state index in [2.05, 4.69) is 10.6 Å². The first-order valence-corrected chi connectivity index (χ1v) is 20.3. The number of amides is 2. The molecule has 0 saturated heterocycles. The van der Waals surface area contributed by atoms with E-state index in [9.17, 15) is 29.4 Å². The van der Waals surface area contributed by atoms with Crippen molar-refractivity contribution in [2.24, 2.45) is 0 Å².